The van der Waals surface area contributed by atoms with Crippen molar-refractivity contribution in [2.24, 2.45) is 0 Å². The molecule has 1 saturated heterocycles. The van der Waals surface area contributed by atoms with Gasteiger partial charge in [0.05, 0.1) is 11.0 Å². The molecular weight excluding hydrogens is 315 g/mol. The van der Waals surface area contributed by atoms with Crippen LogP contribution in [0.3, 0.4) is 0 Å². The number of thiophene rings is 1. The minimum Gasteiger partial charge on any atom is -0.387 e. The van der Waals surface area contributed by atoms with Crippen LogP contribution >= 0.6 is 11.3 Å². The van der Waals surface area contributed by atoms with E-state index in [0.717, 1.165) is 4.88 Å². The fourth-order valence-corrected chi connectivity index (χ4v) is 3.44. The number of rotatable bonds is 4. The van der Waals surface area contributed by atoms with Crippen LogP contribution in [-0.2, 0) is 0 Å². The molecule has 1 aliphatic heterocycles. The van der Waals surface area contributed by atoms with Gasteiger partial charge in [0.2, 0.25) is 0 Å². The molecule has 1 amide bonds. The number of hydrogen-bond acceptors (Lipinski definition) is 4. The minimum absolute atomic E-state index is 0.0744. The SMILES string of the molecule is O=C(c1cccs1)N1CCN(C[C@H](O)c2cccc(F)c2)CC1. The fourth-order valence-electron chi connectivity index (χ4n) is 2.75. The first-order chi connectivity index (χ1) is 11.1. The Balaban J connectivity index is 1.52. The number of halogens is 1. The highest BCUT2D eigenvalue weighted by Crippen LogP contribution is 2.18. The quantitative estimate of drug-likeness (QED) is 0.934. The van der Waals surface area contributed by atoms with Crippen LogP contribution in [0.15, 0.2) is 41.8 Å². The Morgan fingerprint density at radius 1 is 1.22 bits per heavy atom. The average Bonchev–Trinajstić information content (AvgIpc) is 3.09. The van der Waals surface area contributed by atoms with E-state index in [1.54, 1.807) is 12.1 Å². The zero-order valence-corrected chi connectivity index (χ0v) is 13.5. The van der Waals surface area contributed by atoms with Crippen molar-refractivity contribution in [2.75, 3.05) is 32.7 Å². The molecule has 4 nitrogen and oxygen atoms in total. The van der Waals surface area contributed by atoms with Crippen LogP contribution in [-0.4, -0.2) is 53.5 Å². The molecule has 2 heterocycles. The highest BCUT2D eigenvalue weighted by Gasteiger charge is 2.24. The molecule has 1 aromatic heterocycles. The van der Waals surface area contributed by atoms with Gasteiger partial charge in [-0.3, -0.25) is 9.69 Å². The predicted molar refractivity (Wildman–Crippen MR) is 88.0 cm³/mol. The highest BCUT2D eigenvalue weighted by atomic mass is 32.1. The average molecular weight is 334 g/mol. The second kappa shape index (κ2) is 7.21. The molecule has 6 heteroatoms. The molecule has 1 aliphatic rings. The molecule has 3 rings (SSSR count). The normalized spacial score (nSPS) is 17.2. The number of carbonyl (C=O) groups excluding carboxylic acids is 1. The molecule has 0 spiro atoms. The van der Waals surface area contributed by atoms with Crippen LogP contribution in [0.2, 0.25) is 0 Å². The van der Waals surface area contributed by atoms with Gasteiger partial charge in [0.15, 0.2) is 0 Å². The number of benzene rings is 1. The lowest BCUT2D eigenvalue weighted by molar-refractivity contribution is 0.0531. The fraction of sp³-hybridized carbons (Fsp3) is 0.353. The van der Waals surface area contributed by atoms with Gasteiger partial charge in [0.25, 0.3) is 5.91 Å². The van der Waals surface area contributed by atoms with Gasteiger partial charge in [-0.2, -0.15) is 0 Å². The molecule has 122 valence electrons. The monoisotopic (exact) mass is 334 g/mol. The third-order valence-corrected chi connectivity index (χ3v) is 4.91. The molecule has 1 fully saturated rings. The van der Waals surface area contributed by atoms with Crippen LogP contribution in [0.1, 0.15) is 21.3 Å². The number of carbonyl (C=O) groups is 1. The van der Waals surface area contributed by atoms with E-state index in [-0.39, 0.29) is 11.7 Å². The molecule has 2 aromatic rings. The first-order valence-corrected chi connectivity index (χ1v) is 8.50. The van der Waals surface area contributed by atoms with Gasteiger partial charge in [-0.15, -0.1) is 11.3 Å². The maximum Gasteiger partial charge on any atom is 0.264 e. The third kappa shape index (κ3) is 3.96. The summed E-state index contributed by atoms with van der Waals surface area (Å²) in [7, 11) is 0. The van der Waals surface area contributed by atoms with Crippen LogP contribution in [0, 0.1) is 5.82 Å². The van der Waals surface area contributed by atoms with E-state index in [0.29, 0.717) is 38.3 Å². The van der Waals surface area contributed by atoms with Crippen molar-refractivity contribution in [3.63, 3.8) is 0 Å². The molecule has 0 radical (unpaired) electrons. The summed E-state index contributed by atoms with van der Waals surface area (Å²) in [6.45, 7) is 3.16. The number of hydrogen-bond donors (Lipinski definition) is 1. The molecular formula is C17H19FN2O2S. The van der Waals surface area contributed by atoms with E-state index in [4.69, 9.17) is 0 Å². The Hall–Kier alpha value is -1.76. The minimum atomic E-state index is -0.717. The zero-order chi connectivity index (χ0) is 16.2. The zero-order valence-electron chi connectivity index (χ0n) is 12.7. The summed E-state index contributed by atoms with van der Waals surface area (Å²) < 4.78 is 13.2. The van der Waals surface area contributed by atoms with Gasteiger partial charge in [-0.25, -0.2) is 4.39 Å². The van der Waals surface area contributed by atoms with Gasteiger partial charge in [-0.1, -0.05) is 18.2 Å². The summed E-state index contributed by atoms with van der Waals surface area (Å²) in [5.74, 6) is -0.266. The first-order valence-electron chi connectivity index (χ1n) is 7.62. The Kier molecular flexibility index (Phi) is 5.05. The van der Waals surface area contributed by atoms with Crippen molar-refractivity contribution in [1.29, 1.82) is 0 Å². The van der Waals surface area contributed by atoms with Crippen molar-refractivity contribution in [3.05, 3.63) is 58.0 Å². The first kappa shape index (κ1) is 16.1. The van der Waals surface area contributed by atoms with Gasteiger partial charge in [0.1, 0.15) is 5.82 Å². The summed E-state index contributed by atoms with van der Waals surface area (Å²) in [5.41, 5.74) is 0.585. The Morgan fingerprint density at radius 2 is 2.00 bits per heavy atom. The third-order valence-electron chi connectivity index (χ3n) is 4.06. The van der Waals surface area contributed by atoms with Crippen molar-refractivity contribution in [1.82, 2.24) is 9.80 Å². The number of piperazine rings is 1. The number of amides is 1. The van der Waals surface area contributed by atoms with E-state index in [2.05, 4.69) is 4.90 Å². The lowest BCUT2D eigenvalue weighted by atomic mass is 10.1. The second-order valence-electron chi connectivity index (χ2n) is 5.64. The predicted octanol–water partition coefficient (Wildman–Crippen LogP) is 2.38. The maximum atomic E-state index is 13.2. The molecule has 1 aromatic carbocycles. The summed E-state index contributed by atoms with van der Waals surface area (Å²) in [6, 6.07) is 9.78. The lowest BCUT2D eigenvalue weighted by Gasteiger charge is -2.35. The maximum absolute atomic E-state index is 13.2. The Morgan fingerprint density at radius 3 is 2.65 bits per heavy atom. The summed E-state index contributed by atoms with van der Waals surface area (Å²) in [6.07, 6.45) is -0.717. The van der Waals surface area contributed by atoms with Gasteiger partial charge in [0, 0.05) is 32.7 Å². The number of β-amino-alcohol motifs (C(OH)–C–C–N with tert-alkyl or cyclic N) is 1. The van der Waals surface area contributed by atoms with E-state index < -0.39 is 6.10 Å². The smallest absolute Gasteiger partial charge is 0.264 e. The number of aliphatic hydroxyl groups is 1. The number of nitrogens with zero attached hydrogens (tertiary/aromatic N) is 2. The standard InChI is InChI=1S/C17H19FN2O2S/c18-14-4-1-3-13(11-14)15(21)12-19-6-8-20(9-7-19)17(22)16-5-2-10-23-16/h1-5,10-11,15,21H,6-9,12H2/t15-/m0/s1. The molecule has 23 heavy (non-hydrogen) atoms. The molecule has 0 bridgehead atoms. The molecule has 0 aliphatic carbocycles. The summed E-state index contributed by atoms with van der Waals surface area (Å²) in [5, 5.41) is 12.1. The van der Waals surface area contributed by atoms with Gasteiger partial charge < -0.3 is 10.0 Å². The van der Waals surface area contributed by atoms with Crippen LogP contribution in [0.25, 0.3) is 0 Å². The van der Waals surface area contributed by atoms with Crippen molar-refractivity contribution < 1.29 is 14.3 Å². The highest BCUT2D eigenvalue weighted by molar-refractivity contribution is 7.12. The van der Waals surface area contributed by atoms with E-state index >= 15 is 0 Å². The largest absolute Gasteiger partial charge is 0.387 e. The van der Waals surface area contributed by atoms with Gasteiger partial charge >= 0.3 is 0 Å². The van der Waals surface area contributed by atoms with Gasteiger partial charge in [-0.05, 0) is 29.1 Å². The Labute approximate surface area is 138 Å². The van der Waals surface area contributed by atoms with E-state index in [1.807, 2.05) is 22.4 Å². The number of aliphatic hydroxyl groups excluding tert-OH is 1. The topological polar surface area (TPSA) is 43.8 Å². The summed E-state index contributed by atoms with van der Waals surface area (Å²) >= 11 is 1.45. The lowest BCUT2D eigenvalue weighted by Crippen LogP contribution is -2.49. The molecule has 1 atom stereocenters. The van der Waals surface area contributed by atoms with E-state index in [9.17, 15) is 14.3 Å². The van der Waals surface area contributed by atoms with Crippen LogP contribution in [0.4, 0.5) is 4.39 Å². The van der Waals surface area contributed by atoms with Crippen LogP contribution in [0.5, 0.6) is 0 Å². The van der Waals surface area contributed by atoms with Crippen molar-refractivity contribution in [3.8, 4) is 0 Å². The van der Waals surface area contributed by atoms with Crippen LogP contribution < -0.4 is 0 Å². The second-order valence-corrected chi connectivity index (χ2v) is 6.59. The molecule has 0 unspecified atom stereocenters. The summed E-state index contributed by atoms with van der Waals surface area (Å²) in [4.78, 5) is 17.0. The van der Waals surface area contributed by atoms with Crippen molar-refractivity contribution >= 4 is 17.2 Å². The molecule has 0 saturated carbocycles. The van der Waals surface area contributed by atoms with E-state index in [1.165, 1.54) is 23.5 Å². The Bertz CT molecular complexity index is 654. The molecule has 1 N–H and O–H groups in total. The van der Waals surface area contributed by atoms with Crippen molar-refractivity contribution in [2.45, 2.75) is 6.10 Å².